The summed E-state index contributed by atoms with van der Waals surface area (Å²) in [4.78, 5) is 12.0. The van der Waals surface area contributed by atoms with Gasteiger partial charge in [-0.05, 0) is 50.3 Å². The first kappa shape index (κ1) is 17.5. The molecule has 0 saturated heterocycles. The van der Waals surface area contributed by atoms with E-state index in [1.807, 2.05) is 6.92 Å². The molecule has 0 radical (unpaired) electrons. The van der Waals surface area contributed by atoms with E-state index in [-0.39, 0.29) is 30.0 Å². The summed E-state index contributed by atoms with van der Waals surface area (Å²) in [5.41, 5.74) is 0.792. The summed E-state index contributed by atoms with van der Waals surface area (Å²) in [5.74, 6) is 0.0844. The number of halogens is 2. The standard InChI is InChI=1S/C16H22F2N2O3/c1-10(11-2-8-14(9-3-11)23-15(17)18)19-16(22)20-12-4-6-13(21)7-5-12/h2-3,8-10,12-13,15,21H,4-7H2,1H3,(H2,19,20,22). The van der Waals surface area contributed by atoms with Gasteiger partial charge in [0.1, 0.15) is 5.75 Å². The summed E-state index contributed by atoms with van der Waals surface area (Å²) in [6, 6.07) is 5.71. The molecule has 1 aliphatic carbocycles. The van der Waals surface area contributed by atoms with Crippen molar-refractivity contribution >= 4 is 6.03 Å². The fourth-order valence-electron chi connectivity index (χ4n) is 2.67. The minimum Gasteiger partial charge on any atom is -0.435 e. The summed E-state index contributed by atoms with van der Waals surface area (Å²) >= 11 is 0. The molecule has 1 aromatic rings. The van der Waals surface area contributed by atoms with Crippen molar-refractivity contribution in [1.82, 2.24) is 10.6 Å². The molecular formula is C16H22F2N2O3. The van der Waals surface area contributed by atoms with Crippen LogP contribution in [0.15, 0.2) is 24.3 Å². The molecule has 2 rings (SSSR count). The number of hydrogen-bond donors (Lipinski definition) is 3. The fraction of sp³-hybridized carbons (Fsp3) is 0.562. The Balaban J connectivity index is 1.81. The van der Waals surface area contributed by atoms with E-state index in [9.17, 15) is 18.7 Å². The van der Waals surface area contributed by atoms with E-state index in [1.165, 1.54) is 12.1 Å². The normalized spacial score (nSPS) is 22.5. The van der Waals surface area contributed by atoms with E-state index < -0.39 is 6.61 Å². The predicted octanol–water partition coefficient (Wildman–Crippen LogP) is 2.95. The number of nitrogens with one attached hydrogen (secondary N) is 2. The number of carbonyl (C=O) groups excluding carboxylic acids is 1. The smallest absolute Gasteiger partial charge is 0.387 e. The van der Waals surface area contributed by atoms with Crippen molar-refractivity contribution < 1.29 is 23.4 Å². The van der Waals surface area contributed by atoms with Crippen molar-refractivity contribution in [2.24, 2.45) is 0 Å². The van der Waals surface area contributed by atoms with Gasteiger partial charge < -0.3 is 20.5 Å². The third-order valence-electron chi connectivity index (χ3n) is 3.98. The highest BCUT2D eigenvalue weighted by molar-refractivity contribution is 5.74. The monoisotopic (exact) mass is 328 g/mol. The highest BCUT2D eigenvalue weighted by atomic mass is 19.3. The van der Waals surface area contributed by atoms with Crippen molar-refractivity contribution in [1.29, 1.82) is 0 Å². The zero-order valence-corrected chi connectivity index (χ0v) is 13.0. The molecular weight excluding hydrogens is 306 g/mol. The van der Waals surface area contributed by atoms with Gasteiger partial charge in [-0.25, -0.2) is 4.79 Å². The number of carbonyl (C=O) groups is 1. The number of amides is 2. The highest BCUT2D eigenvalue weighted by Gasteiger charge is 2.21. The Bertz CT molecular complexity index is 503. The molecule has 0 bridgehead atoms. The van der Waals surface area contributed by atoms with Crippen LogP contribution in [0, 0.1) is 0 Å². The molecule has 1 saturated carbocycles. The number of benzene rings is 1. The number of hydrogen-bond acceptors (Lipinski definition) is 3. The minimum atomic E-state index is -2.85. The molecule has 1 fully saturated rings. The molecule has 1 atom stereocenters. The number of aliphatic hydroxyl groups is 1. The zero-order chi connectivity index (χ0) is 16.8. The fourth-order valence-corrected chi connectivity index (χ4v) is 2.67. The van der Waals surface area contributed by atoms with E-state index in [2.05, 4.69) is 15.4 Å². The molecule has 1 aromatic carbocycles. The largest absolute Gasteiger partial charge is 0.435 e. The van der Waals surface area contributed by atoms with Crippen LogP contribution >= 0.6 is 0 Å². The summed E-state index contributed by atoms with van der Waals surface area (Å²) in [5, 5.41) is 15.2. The molecule has 7 heteroatoms. The van der Waals surface area contributed by atoms with Gasteiger partial charge in [-0.1, -0.05) is 12.1 Å². The third-order valence-corrected chi connectivity index (χ3v) is 3.98. The first-order chi connectivity index (χ1) is 10.9. The number of ether oxygens (including phenoxy) is 1. The van der Waals surface area contributed by atoms with E-state index >= 15 is 0 Å². The van der Waals surface area contributed by atoms with Crippen LogP contribution < -0.4 is 15.4 Å². The van der Waals surface area contributed by atoms with Gasteiger partial charge in [-0.15, -0.1) is 0 Å². The molecule has 0 aromatic heterocycles. The number of aliphatic hydroxyl groups excluding tert-OH is 1. The first-order valence-electron chi connectivity index (χ1n) is 7.74. The van der Waals surface area contributed by atoms with Gasteiger partial charge in [-0.3, -0.25) is 0 Å². The van der Waals surface area contributed by atoms with Gasteiger partial charge in [0.15, 0.2) is 0 Å². The van der Waals surface area contributed by atoms with Gasteiger partial charge in [0.2, 0.25) is 0 Å². The van der Waals surface area contributed by atoms with E-state index in [0.29, 0.717) is 12.8 Å². The Morgan fingerprint density at radius 3 is 2.39 bits per heavy atom. The van der Waals surface area contributed by atoms with E-state index in [1.54, 1.807) is 12.1 Å². The van der Waals surface area contributed by atoms with Crippen molar-refractivity contribution in [2.45, 2.75) is 57.4 Å². The molecule has 0 aliphatic heterocycles. The van der Waals surface area contributed by atoms with E-state index in [0.717, 1.165) is 18.4 Å². The number of alkyl halides is 2. The lowest BCUT2D eigenvalue weighted by atomic mass is 9.93. The van der Waals surface area contributed by atoms with Crippen LogP contribution in [0.2, 0.25) is 0 Å². The summed E-state index contributed by atoms with van der Waals surface area (Å²) in [6.45, 7) is -1.04. The Labute approximate surface area is 134 Å². The van der Waals surface area contributed by atoms with Crippen molar-refractivity contribution in [3.63, 3.8) is 0 Å². The molecule has 0 heterocycles. The lowest BCUT2D eigenvalue weighted by Crippen LogP contribution is -2.44. The maximum atomic E-state index is 12.1. The van der Waals surface area contributed by atoms with Gasteiger partial charge in [0, 0.05) is 6.04 Å². The molecule has 23 heavy (non-hydrogen) atoms. The first-order valence-corrected chi connectivity index (χ1v) is 7.74. The van der Waals surface area contributed by atoms with Crippen LogP contribution in [0.1, 0.15) is 44.2 Å². The topological polar surface area (TPSA) is 70.6 Å². The SMILES string of the molecule is CC(NC(=O)NC1CCC(O)CC1)c1ccc(OC(F)F)cc1. The molecule has 0 spiro atoms. The molecule has 1 aliphatic rings. The van der Waals surface area contributed by atoms with Crippen molar-refractivity contribution in [2.75, 3.05) is 0 Å². The average Bonchev–Trinajstić information content (AvgIpc) is 2.49. The van der Waals surface area contributed by atoms with Gasteiger partial charge >= 0.3 is 12.6 Å². The van der Waals surface area contributed by atoms with Crippen LogP contribution in [-0.2, 0) is 0 Å². The molecule has 5 nitrogen and oxygen atoms in total. The average molecular weight is 328 g/mol. The second kappa shape index (κ2) is 8.10. The quantitative estimate of drug-likeness (QED) is 0.778. The highest BCUT2D eigenvalue weighted by Crippen LogP contribution is 2.20. The molecule has 3 N–H and O–H groups in total. The Morgan fingerprint density at radius 2 is 1.83 bits per heavy atom. The maximum Gasteiger partial charge on any atom is 0.387 e. The van der Waals surface area contributed by atoms with Crippen LogP contribution in [0.5, 0.6) is 5.75 Å². The van der Waals surface area contributed by atoms with Crippen molar-refractivity contribution in [3.05, 3.63) is 29.8 Å². The van der Waals surface area contributed by atoms with Crippen molar-refractivity contribution in [3.8, 4) is 5.75 Å². The summed E-state index contributed by atoms with van der Waals surface area (Å²) in [7, 11) is 0. The van der Waals surface area contributed by atoms with Gasteiger partial charge in [-0.2, -0.15) is 8.78 Å². The molecule has 2 amide bonds. The van der Waals surface area contributed by atoms with Crippen LogP contribution in [-0.4, -0.2) is 29.9 Å². The molecule has 128 valence electrons. The lowest BCUT2D eigenvalue weighted by Gasteiger charge is -2.27. The van der Waals surface area contributed by atoms with Crippen LogP contribution in [0.3, 0.4) is 0 Å². The zero-order valence-electron chi connectivity index (χ0n) is 13.0. The summed E-state index contributed by atoms with van der Waals surface area (Å²) in [6.07, 6.45) is 2.67. The third kappa shape index (κ3) is 5.67. The van der Waals surface area contributed by atoms with Gasteiger partial charge in [0.05, 0.1) is 12.1 Å². The van der Waals surface area contributed by atoms with Gasteiger partial charge in [0.25, 0.3) is 0 Å². The van der Waals surface area contributed by atoms with E-state index in [4.69, 9.17) is 0 Å². The Hall–Kier alpha value is -1.89. The Kier molecular flexibility index (Phi) is 6.15. The maximum absolute atomic E-state index is 12.1. The second-order valence-corrected chi connectivity index (χ2v) is 5.79. The van der Waals surface area contributed by atoms with Crippen LogP contribution in [0.4, 0.5) is 13.6 Å². The minimum absolute atomic E-state index is 0.0763. The lowest BCUT2D eigenvalue weighted by molar-refractivity contribution is -0.0498. The second-order valence-electron chi connectivity index (χ2n) is 5.79. The number of urea groups is 1. The Morgan fingerprint density at radius 1 is 1.22 bits per heavy atom. The number of rotatable bonds is 5. The van der Waals surface area contributed by atoms with Crippen LogP contribution in [0.25, 0.3) is 0 Å². The predicted molar refractivity (Wildman–Crippen MR) is 81.4 cm³/mol. The summed E-state index contributed by atoms with van der Waals surface area (Å²) < 4.78 is 28.5. The molecule has 1 unspecified atom stereocenters.